The fraction of sp³-hybridized carbons (Fsp3) is 0.936. The molecule has 3 aliphatic heterocycles. The number of hydrogen-bond donors (Lipinski definition) is 11. The van der Waals surface area contributed by atoms with Gasteiger partial charge in [0.25, 0.3) is 0 Å². The predicted molar refractivity (Wildman–Crippen MR) is 226 cm³/mol. The molecule has 3 saturated heterocycles. The van der Waals surface area contributed by atoms with Crippen LogP contribution in [0.1, 0.15) is 106 Å². The van der Waals surface area contributed by atoms with Gasteiger partial charge in [0.2, 0.25) is 6.29 Å². The van der Waals surface area contributed by atoms with Crippen LogP contribution in [0.15, 0.2) is 11.6 Å². The maximum absolute atomic E-state index is 14.7. The van der Waals surface area contributed by atoms with Crippen LogP contribution >= 0.6 is 0 Å². The molecule has 18 heteroatoms. The van der Waals surface area contributed by atoms with Crippen molar-refractivity contribution in [1.29, 1.82) is 0 Å². The van der Waals surface area contributed by atoms with Gasteiger partial charge in [-0.1, -0.05) is 60.1 Å². The zero-order valence-corrected chi connectivity index (χ0v) is 38.8. The number of aliphatic hydroxyl groups is 11. The van der Waals surface area contributed by atoms with Crippen molar-refractivity contribution < 1.29 is 89.4 Å². The number of carbonyl (C=O) groups is 1. The molecule has 11 N–H and O–H groups in total. The quantitative estimate of drug-likeness (QED) is 0.0850. The highest BCUT2D eigenvalue weighted by atomic mass is 16.7. The van der Waals surface area contributed by atoms with E-state index in [1.165, 1.54) is 0 Å². The van der Waals surface area contributed by atoms with Crippen LogP contribution in [0.3, 0.4) is 0 Å². The number of ether oxygens (including phenoxy) is 6. The number of fused-ring (bicyclic) bond motifs is 7. The lowest BCUT2D eigenvalue weighted by Gasteiger charge is -2.71. The van der Waals surface area contributed by atoms with Crippen LogP contribution in [0.2, 0.25) is 0 Å². The molecule has 0 unspecified atom stereocenters. The highest BCUT2D eigenvalue weighted by molar-refractivity contribution is 5.79. The van der Waals surface area contributed by atoms with Crippen LogP contribution in [-0.4, -0.2) is 180 Å². The van der Waals surface area contributed by atoms with Gasteiger partial charge < -0.3 is 84.6 Å². The molecule has 0 aromatic rings. The van der Waals surface area contributed by atoms with Crippen LogP contribution in [0.5, 0.6) is 0 Å². The molecule has 7 fully saturated rings. The van der Waals surface area contributed by atoms with E-state index in [2.05, 4.69) is 40.7 Å². The van der Waals surface area contributed by atoms with Gasteiger partial charge in [-0.25, -0.2) is 0 Å². The van der Waals surface area contributed by atoms with Crippen molar-refractivity contribution >= 4 is 5.97 Å². The minimum Gasteiger partial charge on any atom is -0.432 e. The molecule has 65 heavy (non-hydrogen) atoms. The second-order valence-corrected chi connectivity index (χ2v) is 23.0. The van der Waals surface area contributed by atoms with Gasteiger partial charge in [0.1, 0.15) is 67.1 Å². The molecular formula is C47H76O18. The number of aliphatic hydroxyl groups excluding tert-OH is 11. The normalized spacial score (nSPS) is 53.9. The summed E-state index contributed by atoms with van der Waals surface area (Å²) in [6.45, 7) is 13.9. The van der Waals surface area contributed by atoms with Gasteiger partial charge in [-0.2, -0.15) is 0 Å². The Morgan fingerprint density at radius 1 is 0.662 bits per heavy atom. The summed E-state index contributed by atoms with van der Waals surface area (Å²) in [6, 6.07) is 0. The number of rotatable bonds is 8. The van der Waals surface area contributed by atoms with Crippen molar-refractivity contribution in [2.45, 2.75) is 204 Å². The first-order chi connectivity index (χ1) is 30.3. The molecule has 3 heterocycles. The van der Waals surface area contributed by atoms with Gasteiger partial charge in [0, 0.05) is 5.92 Å². The average Bonchev–Trinajstić information content (AvgIpc) is 3.25. The molecule has 0 spiro atoms. The Morgan fingerprint density at radius 2 is 1.26 bits per heavy atom. The SMILES string of the molecule is CC1(C)CC[C@]2(C(=O)O[C@@H]3O[C@H](CO)[C@@H](O)[C@H](O)[C@H]3O)CC[C@]3(C)C(=CC[C@@H]4[C@@]5(C)CC[C@H](O[C@@H]6OC[C@H](O)[C@H](O[C@@H]7O[C@H](CO)[C@@H](O)[C@H](O)[C@H]7O)[C@H]6O)C(C)(C)[C@@H]5CC[C@]43C)[C@@H]2[C@@H]1O. The van der Waals surface area contributed by atoms with Gasteiger partial charge in [-0.05, 0) is 96.7 Å². The third kappa shape index (κ3) is 7.62. The fourth-order valence-electron chi connectivity index (χ4n) is 14.8. The molecular weight excluding hydrogens is 852 g/mol. The summed E-state index contributed by atoms with van der Waals surface area (Å²) < 4.78 is 35.4. The van der Waals surface area contributed by atoms with Crippen LogP contribution < -0.4 is 0 Å². The molecule has 8 aliphatic rings. The number of carbonyl (C=O) groups excluding carboxylic acids is 1. The van der Waals surface area contributed by atoms with E-state index < -0.39 is 139 Å². The summed E-state index contributed by atoms with van der Waals surface area (Å²) in [7, 11) is 0. The molecule has 0 amide bonds. The summed E-state index contributed by atoms with van der Waals surface area (Å²) in [4.78, 5) is 14.7. The van der Waals surface area contributed by atoms with E-state index >= 15 is 0 Å². The minimum atomic E-state index is -1.75. The van der Waals surface area contributed by atoms with Crippen LogP contribution in [0.25, 0.3) is 0 Å². The van der Waals surface area contributed by atoms with Crippen molar-refractivity contribution in [1.82, 2.24) is 0 Å². The molecule has 18 nitrogen and oxygen atoms in total. The number of esters is 1. The Morgan fingerprint density at radius 3 is 1.89 bits per heavy atom. The first-order valence-corrected chi connectivity index (χ1v) is 23.8. The summed E-state index contributed by atoms with van der Waals surface area (Å²) in [5, 5.41) is 117. The lowest BCUT2D eigenvalue weighted by molar-refractivity contribution is -0.357. The van der Waals surface area contributed by atoms with E-state index in [4.69, 9.17) is 28.4 Å². The van der Waals surface area contributed by atoms with Crippen LogP contribution in [0, 0.1) is 50.2 Å². The standard InChI is InChI=1S/C47H76O18/c1-42(2)14-16-47(41(59)65-40-34(56)32(54)30(52)24(19-49)62-40)17-15-45(6)21(28(47)37(42)58)8-9-26-44(5)12-11-27(43(3,4)25(44)10-13-46(26,45)7)63-38-35(57)36(22(50)20-60-38)64-39-33(55)31(53)29(51)23(18-48)61-39/h8,22-40,48-58H,9-20H2,1-7H3/t22-,23+,24+,25-,26+,27-,28+,29+,30+,31-,32-,33+,34+,35+,36-,37-,38-,39-,40-,44-,45+,46+,47-/m0/s1. The molecule has 372 valence electrons. The smallest absolute Gasteiger partial charge is 0.315 e. The highest BCUT2D eigenvalue weighted by Crippen LogP contribution is 2.76. The fourth-order valence-corrected chi connectivity index (χ4v) is 14.8. The van der Waals surface area contributed by atoms with E-state index in [1.54, 1.807) is 0 Å². The predicted octanol–water partition coefficient (Wildman–Crippen LogP) is -0.250. The van der Waals surface area contributed by atoms with E-state index in [0.717, 1.165) is 31.3 Å². The van der Waals surface area contributed by atoms with Crippen LogP contribution in [-0.2, 0) is 33.2 Å². The molecule has 0 radical (unpaired) electrons. The van der Waals surface area contributed by atoms with Gasteiger partial charge >= 0.3 is 5.97 Å². The van der Waals surface area contributed by atoms with Crippen LogP contribution in [0.4, 0.5) is 0 Å². The Bertz CT molecular complexity index is 1770. The van der Waals surface area contributed by atoms with Crippen molar-refractivity contribution in [2.24, 2.45) is 50.2 Å². The number of hydrogen-bond acceptors (Lipinski definition) is 18. The Kier molecular flexibility index (Phi) is 13.4. The molecule has 23 atom stereocenters. The van der Waals surface area contributed by atoms with E-state index in [1.807, 2.05) is 13.8 Å². The number of allylic oxidation sites excluding steroid dienone is 1. The van der Waals surface area contributed by atoms with Crippen molar-refractivity contribution in [3.63, 3.8) is 0 Å². The molecule has 4 saturated carbocycles. The monoisotopic (exact) mass is 929 g/mol. The summed E-state index contributed by atoms with van der Waals surface area (Å²) in [5.41, 5.74) is -1.87. The van der Waals surface area contributed by atoms with Crippen molar-refractivity contribution in [2.75, 3.05) is 19.8 Å². The topological polar surface area (TPSA) is 295 Å². The molecule has 0 aromatic carbocycles. The van der Waals surface area contributed by atoms with Gasteiger partial charge in [-0.15, -0.1) is 0 Å². The summed E-state index contributed by atoms with van der Waals surface area (Å²) in [6.07, 6.45) is -14.3. The first-order valence-electron chi connectivity index (χ1n) is 23.8. The summed E-state index contributed by atoms with van der Waals surface area (Å²) >= 11 is 0. The lowest BCUT2D eigenvalue weighted by Crippen LogP contribution is -2.67. The Balaban J connectivity index is 1.02. The van der Waals surface area contributed by atoms with E-state index in [9.17, 15) is 61.0 Å². The van der Waals surface area contributed by atoms with Crippen molar-refractivity contribution in [3.05, 3.63) is 11.6 Å². The molecule has 0 aromatic heterocycles. The Labute approximate surface area is 380 Å². The minimum absolute atomic E-state index is 0.167. The molecule has 8 rings (SSSR count). The third-order valence-corrected chi connectivity index (χ3v) is 19.1. The highest BCUT2D eigenvalue weighted by Gasteiger charge is 2.71. The summed E-state index contributed by atoms with van der Waals surface area (Å²) in [5.74, 6) is -0.845. The first kappa shape index (κ1) is 50.0. The second kappa shape index (κ2) is 17.5. The zero-order valence-electron chi connectivity index (χ0n) is 38.8. The third-order valence-electron chi connectivity index (χ3n) is 19.1. The van der Waals surface area contributed by atoms with Gasteiger partial charge in [0.15, 0.2) is 12.6 Å². The maximum atomic E-state index is 14.7. The van der Waals surface area contributed by atoms with E-state index in [-0.39, 0.29) is 35.4 Å². The average molecular weight is 929 g/mol. The maximum Gasteiger partial charge on any atom is 0.315 e. The van der Waals surface area contributed by atoms with Gasteiger partial charge in [0.05, 0.1) is 37.4 Å². The van der Waals surface area contributed by atoms with E-state index in [0.29, 0.717) is 32.1 Å². The van der Waals surface area contributed by atoms with Gasteiger partial charge in [-0.3, -0.25) is 4.79 Å². The molecule has 5 aliphatic carbocycles. The lowest BCUT2D eigenvalue weighted by atomic mass is 9.33. The second-order valence-electron chi connectivity index (χ2n) is 23.0. The zero-order chi connectivity index (χ0) is 47.6. The van der Waals surface area contributed by atoms with Crippen molar-refractivity contribution in [3.8, 4) is 0 Å². The molecule has 0 bridgehead atoms. The Hall–Kier alpha value is -1.43. The largest absolute Gasteiger partial charge is 0.432 e.